The van der Waals surface area contributed by atoms with E-state index in [9.17, 15) is 26.4 Å². The monoisotopic (exact) mass is 305 g/mol. The summed E-state index contributed by atoms with van der Waals surface area (Å²) in [6.45, 7) is 1.51. The highest BCUT2D eigenvalue weighted by Crippen LogP contribution is 2.24. The van der Waals surface area contributed by atoms with E-state index in [4.69, 9.17) is 0 Å². The molecule has 0 saturated heterocycles. The van der Waals surface area contributed by atoms with Gasteiger partial charge in [-0.05, 0) is 12.8 Å². The van der Waals surface area contributed by atoms with E-state index in [1.54, 1.807) is 0 Å². The molecule has 19 heavy (non-hydrogen) atoms. The highest BCUT2D eigenvalue weighted by molar-refractivity contribution is 7.87. The van der Waals surface area contributed by atoms with Crippen LogP contribution in [0.3, 0.4) is 0 Å². The predicted octanol–water partition coefficient (Wildman–Crippen LogP) is 1.94. The van der Waals surface area contributed by atoms with Crippen LogP contribution in [0.15, 0.2) is 0 Å². The number of amides is 1. The van der Waals surface area contributed by atoms with Crippen LogP contribution >= 0.6 is 0 Å². The average Bonchev–Trinajstić information content (AvgIpc) is 2.24. The van der Waals surface area contributed by atoms with Gasteiger partial charge in [-0.25, -0.2) is 0 Å². The van der Waals surface area contributed by atoms with Gasteiger partial charge in [-0.3, -0.25) is 8.98 Å². The van der Waals surface area contributed by atoms with E-state index in [0.29, 0.717) is 13.0 Å². The SMILES string of the molecule is CC(=O)NCCCCCCCOS(=O)(=O)C(F)(F)F. The molecule has 0 radical (unpaired) electrons. The summed E-state index contributed by atoms with van der Waals surface area (Å²) in [6.07, 6.45) is 3.16. The zero-order valence-corrected chi connectivity index (χ0v) is 11.4. The number of carbonyl (C=O) groups excluding carboxylic acids is 1. The van der Waals surface area contributed by atoms with E-state index < -0.39 is 22.2 Å². The lowest BCUT2D eigenvalue weighted by molar-refractivity contribution is -0.118. The Morgan fingerprint density at radius 3 is 2.16 bits per heavy atom. The van der Waals surface area contributed by atoms with Crippen molar-refractivity contribution in [2.45, 2.75) is 44.5 Å². The van der Waals surface area contributed by atoms with Crippen LogP contribution in [0.25, 0.3) is 0 Å². The van der Waals surface area contributed by atoms with Gasteiger partial charge in [0, 0.05) is 13.5 Å². The van der Waals surface area contributed by atoms with Crippen LogP contribution in [0.4, 0.5) is 13.2 Å². The largest absolute Gasteiger partial charge is 0.523 e. The topological polar surface area (TPSA) is 72.5 Å². The maximum absolute atomic E-state index is 11.9. The molecule has 5 nitrogen and oxygen atoms in total. The maximum atomic E-state index is 11.9. The van der Waals surface area contributed by atoms with Crippen LogP contribution in [0.1, 0.15) is 39.0 Å². The first-order chi connectivity index (χ1) is 8.67. The Balaban J connectivity index is 3.49. The number of alkyl halides is 3. The summed E-state index contributed by atoms with van der Waals surface area (Å²) in [7, 11) is -5.46. The Bertz CT molecular complexity index is 367. The quantitative estimate of drug-likeness (QED) is 0.401. The Morgan fingerprint density at radius 2 is 1.63 bits per heavy atom. The third kappa shape index (κ3) is 8.82. The minimum atomic E-state index is -5.46. The number of unbranched alkanes of at least 4 members (excludes halogenated alkanes) is 4. The van der Waals surface area contributed by atoms with Crippen LogP contribution in [-0.4, -0.2) is 33.0 Å². The average molecular weight is 305 g/mol. The molecule has 0 saturated carbocycles. The van der Waals surface area contributed by atoms with Crippen molar-refractivity contribution in [2.24, 2.45) is 0 Å². The molecule has 0 fully saturated rings. The van der Waals surface area contributed by atoms with E-state index in [1.165, 1.54) is 6.92 Å². The smallest absolute Gasteiger partial charge is 0.356 e. The van der Waals surface area contributed by atoms with Crippen LogP contribution in [0, 0.1) is 0 Å². The summed E-state index contributed by atoms with van der Waals surface area (Å²) in [5.74, 6) is -0.106. The second-order valence-corrected chi connectivity index (χ2v) is 5.58. The van der Waals surface area contributed by atoms with Gasteiger partial charge in [0.25, 0.3) is 0 Å². The molecule has 0 aromatic rings. The fourth-order valence-corrected chi connectivity index (χ4v) is 1.73. The lowest BCUT2D eigenvalue weighted by atomic mass is 10.1. The van der Waals surface area contributed by atoms with Crippen molar-refractivity contribution in [3.05, 3.63) is 0 Å². The number of hydrogen-bond acceptors (Lipinski definition) is 4. The summed E-state index contributed by atoms with van der Waals surface area (Å²) in [4.78, 5) is 10.5. The molecule has 1 N–H and O–H groups in total. The van der Waals surface area contributed by atoms with Gasteiger partial charge in [-0.1, -0.05) is 19.3 Å². The fourth-order valence-electron chi connectivity index (χ4n) is 1.26. The minimum Gasteiger partial charge on any atom is -0.356 e. The molecular formula is C10H18F3NO4S. The molecule has 0 rings (SSSR count). The van der Waals surface area contributed by atoms with Crippen molar-refractivity contribution in [3.8, 4) is 0 Å². The zero-order valence-electron chi connectivity index (χ0n) is 10.6. The molecule has 1 amide bonds. The molecule has 0 aliphatic carbocycles. The summed E-state index contributed by atoms with van der Waals surface area (Å²) < 4.78 is 60.4. The summed E-state index contributed by atoms with van der Waals surface area (Å²) in [5.41, 5.74) is -5.36. The van der Waals surface area contributed by atoms with Gasteiger partial charge in [0.2, 0.25) is 5.91 Å². The van der Waals surface area contributed by atoms with Crippen molar-refractivity contribution < 1.29 is 30.6 Å². The van der Waals surface area contributed by atoms with Gasteiger partial charge in [0.15, 0.2) is 0 Å². The Labute approximate surface area is 110 Å². The van der Waals surface area contributed by atoms with Gasteiger partial charge in [-0.15, -0.1) is 0 Å². The van der Waals surface area contributed by atoms with Crippen molar-refractivity contribution in [1.29, 1.82) is 0 Å². The van der Waals surface area contributed by atoms with Gasteiger partial charge < -0.3 is 5.32 Å². The first-order valence-electron chi connectivity index (χ1n) is 5.87. The van der Waals surface area contributed by atoms with Gasteiger partial charge in [-0.2, -0.15) is 21.6 Å². The summed E-state index contributed by atoms with van der Waals surface area (Å²) in [5, 5.41) is 2.62. The molecular weight excluding hydrogens is 287 g/mol. The second-order valence-electron chi connectivity index (χ2n) is 3.97. The first kappa shape index (κ1) is 18.2. The lowest BCUT2D eigenvalue weighted by Crippen LogP contribution is -2.25. The third-order valence-corrected chi connectivity index (χ3v) is 3.26. The zero-order chi connectivity index (χ0) is 14.9. The minimum absolute atomic E-state index is 0.106. The second kappa shape index (κ2) is 8.36. The Hall–Kier alpha value is -0.830. The van der Waals surface area contributed by atoms with Crippen LogP contribution in [0.5, 0.6) is 0 Å². The van der Waals surface area contributed by atoms with Gasteiger partial charge in [0.1, 0.15) is 0 Å². The first-order valence-corrected chi connectivity index (χ1v) is 7.28. The predicted molar refractivity (Wildman–Crippen MR) is 62.7 cm³/mol. The summed E-state index contributed by atoms with van der Waals surface area (Å²) in [6, 6.07) is 0. The summed E-state index contributed by atoms with van der Waals surface area (Å²) >= 11 is 0. The molecule has 0 spiro atoms. The van der Waals surface area contributed by atoms with Crippen LogP contribution in [0.2, 0.25) is 0 Å². The Kier molecular flexibility index (Phi) is 8.00. The van der Waals surface area contributed by atoms with Crippen molar-refractivity contribution in [2.75, 3.05) is 13.2 Å². The molecule has 0 heterocycles. The van der Waals surface area contributed by atoms with Gasteiger partial charge >= 0.3 is 15.6 Å². The van der Waals surface area contributed by atoms with Crippen molar-refractivity contribution in [1.82, 2.24) is 5.32 Å². The highest BCUT2D eigenvalue weighted by atomic mass is 32.2. The van der Waals surface area contributed by atoms with E-state index >= 15 is 0 Å². The maximum Gasteiger partial charge on any atom is 0.523 e. The van der Waals surface area contributed by atoms with Gasteiger partial charge in [0.05, 0.1) is 6.61 Å². The molecule has 0 unspecified atom stereocenters. The molecule has 114 valence electrons. The Morgan fingerprint density at radius 1 is 1.11 bits per heavy atom. The third-order valence-electron chi connectivity index (χ3n) is 2.22. The molecule has 0 bridgehead atoms. The van der Waals surface area contributed by atoms with Crippen LogP contribution in [-0.2, 0) is 19.1 Å². The standard InChI is InChI=1S/C10H18F3NO4S/c1-9(15)14-7-5-3-2-4-6-8-18-19(16,17)10(11,12)13/h2-8H2,1H3,(H,14,15). The number of rotatable bonds is 9. The van der Waals surface area contributed by atoms with E-state index in [1.807, 2.05) is 0 Å². The van der Waals surface area contributed by atoms with Crippen molar-refractivity contribution in [3.63, 3.8) is 0 Å². The van der Waals surface area contributed by atoms with Crippen LogP contribution < -0.4 is 5.32 Å². The molecule has 0 aliphatic rings. The lowest BCUT2D eigenvalue weighted by Gasteiger charge is -2.08. The number of carbonyl (C=O) groups is 1. The van der Waals surface area contributed by atoms with E-state index in [-0.39, 0.29) is 12.3 Å². The molecule has 9 heteroatoms. The highest BCUT2D eigenvalue weighted by Gasteiger charge is 2.47. The van der Waals surface area contributed by atoms with Crippen molar-refractivity contribution >= 4 is 16.0 Å². The number of halogens is 3. The molecule has 0 aromatic carbocycles. The molecule has 0 aromatic heterocycles. The van der Waals surface area contributed by atoms with E-state index in [0.717, 1.165) is 19.3 Å². The molecule has 0 aliphatic heterocycles. The normalized spacial score (nSPS) is 12.4. The fraction of sp³-hybridized carbons (Fsp3) is 0.900. The number of nitrogens with one attached hydrogen (secondary N) is 1. The van der Waals surface area contributed by atoms with E-state index in [2.05, 4.69) is 9.50 Å². The number of hydrogen-bond donors (Lipinski definition) is 1. The molecule has 0 atom stereocenters.